The third-order valence-corrected chi connectivity index (χ3v) is 3.67. The molecule has 2 N–H and O–H groups in total. The third kappa shape index (κ3) is 3.48. The summed E-state index contributed by atoms with van der Waals surface area (Å²) in [6.07, 6.45) is -5.05. The number of nitrogen functional groups attached to an aromatic ring is 1. The lowest BCUT2D eigenvalue weighted by molar-refractivity contribution is -0.145. The summed E-state index contributed by atoms with van der Waals surface area (Å²) in [6.45, 7) is 0.613. The lowest BCUT2D eigenvalue weighted by Gasteiger charge is -2.21. The number of anilines is 1. The van der Waals surface area contributed by atoms with Crippen LogP contribution in [0.15, 0.2) is 36.4 Å². The monoisotopic (exact) mass is 327 g/mol. The van der Waals surface area contributed by atoms with Crippen LogP contribution in [0, 0.1) is 0 Å². The summed E-state index contributed by atoms with van der Waals surface area (Å²) in [4.78, 5) is 0. The highest BCUT2D eigenvalue weighted by atomic mass is 19.4. The number of halogens is 3. The fourth-order valence-corrected chi connectivity index (χ4v) is 2.57. The standard InChI is InChI=1S/C15H16F3N3O2/c16-15(17,18)13-6-14(19)20-21(13)11-8-22-9-12(11)23-7-10-4-2-1-3-5-10/h1-6,11-12H,7-9H2,(H2,19,20). The molecule has 3 rings (SSSR count). The van der Waals surface area contributed by atoms with Crippen molar-refractivity contribution in [1.82, 2.24) is 9.78 Å². The summed E-state index contributed by atoms with van der Waals surface area (Å²) >= 11 is 0. The van der Waals surface area contributed by atoms with E-state index >= 15 is 0 Å². The van der Waals surface area contributed by atoms with Gasteiger partial charge in [-0.15, -0.1) is 0 Å². The van der Waals surface area contributed by atoms with Crippen LogP contribution in [0.1, 0.15) is 17.3 Å². The summed E-state index contributed by atoms with van der Waals surface area (Å²) in [5, 5.41) is 3.78. The van der Waals surface area contributed by atoms with Gasteiger partial charge in [-0.05, 0) is 5.56 Å². The summed E-state index contributed by atoms with van der Waals surface area (Å²) in [5.74, 6) is -0.175. The molecule has 1 aromatic carbocycles. The highest BCUT2D eigenvalue weighted by Gasteiger charge is 2.41. The Morgan fingerprint density at radius 3 is 2.70 bits per heavy atom. The molecule has 0 spiro atoms. The maximum absolute atomic E-state index is 13.1. The van der Waals surface area contributed by atoms with E-state index in [4.69, 9.17) is 15.2 Å². The van der Waals surface area contributed by atoms with E-state index in [1.54, 1.807) is 0 Å². The molecule has 0 bridgehead atoms. The molecule has 0 aliphatic carbocycles. The predicted molar refractivity (Wildman–Crippen MR) is 76.5 cm³/mol. The molecule has 23 heavy (non-hydrogen) atoms. The van der Waals surface area contributed by atoms with Crippen LogP contribution >= 0.6 is 0 Å². The molecule has 2 atom stereocenters. The lowest BCUT2D eigenvalue weighted by atomic mass is 10.2. The fraction of sp³-hybridized carbons (Fsp3) is 0.400. The summed E-state index contributed by atoms with van der Waals surface area (Å²) in [6, 6.07) is 9.57. The van der Waals surface area contributed by atoms with Crippen molar-refractivity contribution in [3.05, 3.63) is 47.7 Å². The minimum Gasteiger partial charge on any atom is -0.382 e. The molecule has 2 heterocycles. The van der Waals surface area contributed by atoms with Crippen molar-refractivity contribution in [1.29, 1.82) is 0 Å². The summed E-state index contributed by atoms with van der Waals surface area (Å²) < 4.78 is 51.2. The number of hydrogen-bond donors (Lipinski definition) is 1. The van der Waals surface area contributed by atoms with Crippen molar-refractivity contribution in [3.63, 3.8) is 0 Å². The average molecular weight is 327 g/mol. The van der Waals surface area contributed by atoms with Gasteiger partial charge in [0.25, 0.3) is 0 Å². The van der Waals surface area contributed by atoms with E-state index in [0.717, 1.165) is 16.3 Å². The first-order chi connectivity index (χ1) is 10.9. The number of nitrogens with two attached hydrogens (primary N) is 1. The quantitative estimate of drug-likeness (QED) is 0.938. The Bertz CT molecular complexity index is 658. The zero-order valence-electron chi connectivity index (χ0n) is 12.2. The van der Waals surface area contributed by atoms with Crippen LogP contribution in [0.25, 0.3) is 0 Å². The number of aromatic nitrogens is 2. The van der Waals surface area contributed by atoms with Crippen molar-refractivity contribution in [2.75, 3.05) is 18.9 Å². The van der Waals surface area contributed by atoms with Crippen molar-refractivity contribution in [2.24, 2.45) is 0 Å². The van der Waals surface area contributed by atoms with E-state index < -0.39 is 24.0 Å². The number of ether oxygens (including phenoxy) is 2. The van der Waals surface area contributed by atoms with Gasteiger partial charge in [-0.2, -0.15) is 18.3 Å². The van der Waals surface area contributed by atoms with Crippen LogP contribution < -0.4 is 5.73 Å². The van der Waals surface area contributed by atoms with E-state index in [-0.39, 0.29) is 19.0 Å². The molecule has 0 saturated carbocycles. The lowest BCUT2D eigenvalue weighted by Crippen LogP contribution is -2.29. The van der Waals surface area contributed by atoms with Gasteiger partial charge in [-0.1, -0.05) is 30.3 Å². The molecule has 1 saturated heterocycles. The molecule has 0 radical (unpaired) electrons. The Hall–Kier alpha value is -2.06. The van der Waals surface area contributed by atoms with Gasteiger partial charge < -0.3 is 15.2 Å². The molecule has 0 amide bonds. The van der Waals surface area contributed by atoms with Crippen molar-refractivity contribution in [2.45, 2.75) is 24.9 Å². The minimum atomic E-state index is -4.53. The van der Waals surface area contributed by atoms with Gasteiger partial charge in [-0.25, -0.2) is 0 Å². The molecule has 5 nitrogen and oxygen atoms in total. The molecule has 1 aliphatic heterocycles. The number of nitrogens with zero attached hydrogens (tertiary/aromatic N) is 2. The van der Waals surface area contributed by atoms with Crippen LogP contribution in [0.2, 0.25) is 0 Å². The molecule has 1 aromatic heterocycles. The Morgan fingerprint density at radius 2 is 2.00 bits per heavy atom. The fourth-order valence-electron chi connectivity index (χ4n) is 2.57. The first-order valence-corrected chi connectivity index (χ1v) is 7.10. The highest BCUT2D eigenvalue weighted by molar-refractivity contribution is 5.31. The van der Waals surface area contributed by atoms with Gasteiger partial charge in [0.05, 0.1) is 19.8 Å². The predicted octanol–water partition coefficient (Wildman–Crippen LogP) is 2.64. The molecular weight excluding hydrogens is 311 g/mol. The van der Waals surface area contributed by atoms with Crippen LogP contribution in [0.5, 0.6) is 0 Å². The average Bonchev–Trinajstić information content (AvgIpc) is 3.11. The van der Waals surface area contributed by atoms with Gasteiger partial charge in [-0.3, -0.25) is 4.68 Å². The molecule has 124 valence electrons. The van der Waals surface area contributed by atoms with Crippen LogP contribution in [0.3, 0.4) is 0 Å². The van der Waals surface area contributed by atoms with Gasteiger partial charge in [0.15, 0.2) is 0 Å². The van der Waals surface area contributed by atoms with E-state index in [1.807, 2.05) is 30.3 Å². The third-order valence-electron chi connectivity index (χ3n) is 3.67. The molecule has 1 fully saturated rings. The minimum absolute atomic E-state index is 0.101. The van der Waals surface area contributed by atoms with Gasteiger partial charge in [0.2, 0.25) is 0 Å². The molecule has 1 aliphatic rings. The van der Waals surface area contributed by atoms with Crippen molar-refractivity contribution >= 4 is 5.82 Å². The van der Waals surface area contributed by atoms with Gasteiger partial charge in [0.1, 0.15) is 23.7 Å². The van der Waals surface area contributed by atoms with Gasteiger partial charge >= 0.3 is 6.18 Å². The number of hydrogen-bond acceptors (Lipinski definition) is 4. The topological polar surface area (TPSA) is 62.3 Å². The summed E-state index contributed by atoms with van der Waals surface area (Å²) in [5.41, 5.74) is 5.49. The van der Waals surface area contributed by atoms with Crippen LogP contribution in [0.4, 0.5) is 19.0 Å². The second kappa shape index (κ2) is 6.21. The Kier molecular flexibility index (Phi) is 4.27. The molecule has 2 unspecified atom stereocenters. The second-order valence-corrected chi connectivity index (χ2v) is 5.34. The largest absolute Gasteiger partial charge is 0.433 e. The number of alkyl halides is 3. The second-order valence-electron chi connectivity index (χ2n) is 5.34. The zero-order chi connectivity index (χ0) is 16.4. The normalized spacial score (nSPS) is 21.7. The molecule has 2 aromatic rings. The smallest absolute Gasteiger partial charge is 0.382 e. The van der Waals surface area contributed by atoms with Crippen LogP contribution in [-0.2, 0) is 22.3 Å². The zero-order valence-corrected chi connectivity index (χ0v) is 12.2. The van der Waals surface area contributed by atoms with Crippen LogP contribution in [-0.4, -0.2) is 29.1 Å². The SMILES string of the molecule is Nc1cc(C(F)(F)F)n(C2COCC2OCc2ccccc2)n1. The van der Waals surface area contributed by atoms with E-state index in [1.165, 1.54) is 0 Å². The van der Waals surface area contributed by atoms with E-state index in [0.29, 0.717) is 6.61 Å². The Labute approximate surface area is 130 Å². The first kappa shape index (κ1) is 15.8. The Balaban J connectivity index is 1.77. The molecular formula is C15H16F3N3O2. The maximum atomic E-state index is 13.1. The Morgan fingerprint density at radius 1 is 1.26 bits per heavy atom. The van der Waals surface area contributed by atoms with Gasteiger partial charge in [0, 0.05) is 6.07 Å². The highest BCUT2D eigenvalue weighted by Crippen LogP contribution is 2.34. The number of rotatable bonds is 4. The van der Waals surface area contributed by atoms with Crippen molar-refractivity contribution < 1.29 is 22.6 Å². The van der Waals surface area contributed by atoms with E-state index in [2.05, 4.69) is 5.10 Å². The maximum Gasteiger partial charge on any atom is 0.433 e. The summed E-state index contributed by atoms with van der Waals surface area (Å²) in [7, 11) is 0. The molecule has 8 heteroatoms. The number of benzene rings is 1. The van der Waals surface area contributed by atoms with Crippen molar-refractivity contribution in [3.8, 4) is 0 Å². The first-order valence-electron chi connectivity index (χ1n) is 7.10. The van der Waals surface area contributed by atoms with E-state index in [9.17, 15) is 13.2 Å².